The lowest BCUT2D eigenvalue weighted by atomic mass is 9.79. The lowest BCUT2D eigenvalue weighted by molar-refractivity contribution is -0.136. The molecule has 37 heavy (non-hydrogen) atoms. The highest BCUT2D eigenvalue weighted by Crippen LogP contribution is 2.48. The largest absolute Gasteiger partial charge is 0.329 e. The van der Waals surface area contributed by atoms with Crippen LogP contribution in [-0.4, -0.2) is 21.7 Å². The summed E-state index contributed by atoms with van der Waals surface area (Å²) in [5.41, 5.74) is 6.46. The van der Waals surface area contributed by atoms with Gasteiger partial charge in [0.05, 0.1) is 29.2 Å². The Labute approximate surface area is 216 Å². The van der Waals surface area contributed by atoms with E-state index < -0.39 is 10.8 Å². The molecule has 1 spiro atoms. The topological polar surface area (TPSA) is 62.3 Å². The zero-order chi connectivity index (χ0) is 25.4. The number of nitrogens with zero attached hydrogens (tertiary/aromatic N) is 2. The van der Waals surface area contributed by atoms with Gasteiger partial charge in [0.2, 0.25) is 11.8 Å². The molecule has 0 saturated carbocycles. The number of pyridine rings is 1. The summed E-state index contributed by atoms with van der Waals surface area (Å²) in [6, 6.07) is 26.9. The van der Waals surface area contributed by atoms with Crippen LogP contribution >= 0.6 is 0 Å². The van der Waals surface area contributed by atoms with Crippen molar-refractivity contribution in [3.8, 4) is 0 Å². The van der Waals surface area contributed by atoms with Crippen molar-refractivity contribution in [2.75, 3.05) is 5.32 Å². The molecule has 3 heterocycles. The molecule has 1 N–H and O–H groups in total. The SMILES string of the molecule is CC1(C)CC(c2ccccc2)N(Cc2ccc3cc4c(cc3n2)C[C@]2(C4)C(=O)Nc3ccccc32)C1=O. The number of rotatable bonds is 3. The maximum absolute atomic E-state index is 13.4. The number of para-hydroxylation sites is 1. The van der Waals surface area contributed by atoms with Gasteiger partial charge in [-0.2, -0.15) is 0 Å². The normalized spacial score (nSPS) is 23.5. The van der Waals surface area contributed by atoms with Gasteiger partial charge in [0.15, 0.2) is 0 Å². The van der Waals surface area contributed by atoms with E-state index >= 15 is 0 Å². The number of aromatic nitrogens is 1. The molecule has 2 atom stereocenters. The summed E-state index contributed by atoms with van der Waals surface area (Å²) in [5, 5.41) is 4.16. The van der Waals surface area contributed by atoms with Gasteiger partial charge in [-0.3, -0.25) is 14.6 Å². The zero-order valence-electron chi connectivity index (χ0n) is 21.1. The fourth-order valence-corrected chi connectivity index (χ4v) is 6.70. The van der Waals surface area contributed by atoms with E-state index in [-0.39, 0.29) is 17.9 Å². The summed E-state index contributed by atoms with van der Waals surface area (Å²) >= 11 is 0. The van der Waals surface area contributed by atoms with E-state index in [4.69, 9.17) is 4.98 Å². The van der Waals surface area contributed by atoms with E-state index in [9.17, 15) is 9.59 Å². The number of anilines is 1. The second kappa shape index (κ2) is 7.75. The molecule has 3 aromatic carbocycles. The average Bonchev–Trinajstić information content (AvgIpc) is 3.48. The lowest BCUT2D eigenvalue weighted by Gasteiger charge is -2.25. The average molecular weight is 488 g/mol. The molecule has 5 nitrogen and oxygen atoms in total. The molecule has 0 radical (unpaired) electrons. The van der Waals surface area contributed by atoms with Crippen LogP contribution in [0.5, 0.6) is 0 Å². The van der Waals surface area contributed by atoms with Crippen LogP contribution in [0.4, 0.5) is 5.69 Å². The first-order valence-corrected chi connectivity index (χ1v) is 13.0. The number of amides is 2. The van der Waals surface area contributed by atoms with Crippen LogP contribution in [-0.2, 0) is 34.4 Å². The Balaban J connectivity index is 1.22. The number of hydrogen-bond acceptors (Lipinski definition) is 3. The number of carbonyl (C=O) groups is 2. The van der Waals surface area contributed by atoms with Gasteiger partial charge >= 0.3 is 0 Å². The van der Waals surface area contributed by atoms with E-state index in [1.165, 1.54) is 16.7 Å². The second-order valence-corrected chi connectivity index (χ2v) is 11.5. The maximum atomic E-state index is 13.4. The molecule has 1 aliphatic carbocycles. The van der Waals surface area contributed by atoms with E-state index in [1.54, 1.807) is 0 Å². The van der Waals surface area contributed by atoms with Crippen molar-refractivity contribution in [3.05, 3.63) is 107 Å². The third-order valence-electron chi connectivity index (χ3n) is 8.61. The monoisotopic (exact) mass is 487 g/mol. The van der Waals surface area contributed by atoms with Gasteiger partial charge in [-0.15, -0.1) is 0 Å². The van der Waals surface area contributed by atoms with Gasteiger partial charge in [-0.05, 0) is 65.8 Å². The van der Waals surface area contributed by atoms with Gasteiger partial charge in [0, 0.05) is 16.5 Å². The van der Waals surface area contributed by atoms with E-state index in [2.05, 4.69) is 41.7 Å². The van der Waals surface area contributed by atoms with E-state index in [1.807, 2.05) is 61.2 Å². The highest BCUT2D eigenvalue weighted by molar-refractivity contribution is 6.07. The Hall–Kier alpha value is -3.99. The van der Waals surface area contributed by atoms with Crippen molar-refractivity contribution in [1.29, 1.82) is 0 Å². The summed E-state index contributed by atoms with van der Waals surface area (Å²) in [7, 11) is 0. The van der Waals surface area contributed by atoms with Crippen LogP contribution < -0.4 is 5.32 Å². The van der Waals surface area contributed by atoms with Gasteiger partial charge in [-0.1, -0.05) is 68.4 Å². The van der Waals surface area contributed by atoms with Crippen LogP contribution in [0.2, 0.25) is 0 Å². The standard InChI is InChI=1S/C32H29N3O2/c1-31(2)18-28(20-8-4-3-5-9-20)35(30(31)37)19-24-13-12-21-14-22-16-32(17-23(22)15-27(21)33-24)25-10-6-7-11-26(25)34-29(32)36/h3-15,28H,16-19H2,1-2H3,(H,34,36)/t28?,32-/m0/s1. The van der Waals surface area contributed by atoms with Crippen LogP contribution in [0.15, 0.2) is 78.9 Å². The Morgan fingerprint density at radius 1 is 0.919 bits per heavy atom. The molecular formula is C32H29N3O2. The highest BCUT2D eigenvalue weighted by atomic mass is 16.2. The van der Waals surface area contributed by atoms with Gasteiger partial charge in [0.25, 0.3) is 0 Å². The minimum Gasteiger partial charge on any atom is -0.329 e. The van der Waals surface area contributed by atoms with E-state index in [0.29, 0.717) is 19.4 Å². The fourth-order valence-electron chi connectivity index (χ4n) is 6.70. The predicted molar refractivity (Wildman–Crippen MR) is 144 cm³/mol. The Bertz CT molecular complexity index is 1590. The Morgan fingerprint density at radius 2 is 1.65 bits per heavy atom. The van der Waals surface area contributed by atoms with Crippen LogP contribution in [0.25, 0.3) is 10.9 Å². The molecule has 7 rings (SSSR count). The third-order valence-corrected chi connectivity index (χ3v) is 8.61. The number of nitrogens with one attached hydrogen (secondary N) is 1. The summed E-state index contributed by atoms with van der Waals surface area (Å²) in [5.74, 6) is 0.259. The molecule has 184 valence electrons. The van der Waals surface area contributed by atoms with E-state index in [0.717, 1.165) is 34.3 Å². The first kappa shape index (κ1) is 22.2. The minimum absolute atomic E-state index is 0.0435. The molecule has 3 aliphatic rings. The van der Waals surface area contributed by atoms with Gasteiger partial charge < -0.3 is 10.2 Å². The quantitative estimate of drug-likeness (QED) is 0.402. The van der Waals surface area contributed by atoms with Crippen molar-refractivity contribution in [2.45, 2.75) is 51.1 Å². The van der Waals surface area contributed by atoms with Gasteiger partial charge in [0.1, 0.15) is 0 Å². The number of carbonyl (C=O) groups excluding carboxylic acids is 2. The molecule has 5 heteroatoms. The Morgan fingerprint density at radius 3 is 2.46 bits per heavy atom. The van der Waals surface area contributed by atoms with Crippen LogP contribution in [0, 0.1) is 5.41 Å². The summed E-state index contributed by atoms with van der Waals surface area (Å²) in [6.45, 7) is 4.56. The molecule has 0 bridgehead atoms. The molecule has 1 saturated heterocycles. The smallest absolute Gasteiger partial charge is 0.235 e. The first-order valence-electron chi connectivity index (χ1n) is 13.0. The van der Waals surface area contributed by atoms with Crippen molar-refractivity contribution in [2.24, 2.45) is 5.41 Å². The summed E-state index contributed by atoms with van der Waals surface area (Å²) < 4.78 is 0. The lowest BCUT2D eigenvalue weighted by Crippen LogP contribution is -2.35. The molecular weight excluding hydrogens is 458 g/mol. The first-order chi connectivity index (χ1) is 17.8. The second-order valence-electron chi connectivity index (χ2n) is 11.5. The van der Waals surface area contributed by atoms with Crippen molar-refractivity contribution in [1.82, 2.24) is 9.88 Å². The fraction of sp³-hybridized carbons (Fsp3) is 0.281. The van der Waals surface area contributed by atoms with Crippen molar-refractivity contribution in [3.63, 3.8) is 0 Å². The molecule has 1 unspecified atom stereocenters. The predicted octanol–water partition coefficient (Wildman–Crippen LogP) is 5.72. The van der Waals surface area contributed by atoms with Crippen molar-refractivity contribution < 1.29 is 9.59 Å². The molecule has 2 amide bonds. The Kier molecular flexibility index (Phi) is 4.66. The minimum atomic E-state index is -0.532. The van der Waals surface area contributed by atoms with Crippen LogP contribution in [0.1, 0.15) is 54.3 Å². The van der Waals surface area contributed by atoms with Crippen LogP contribution in [0.3, 0.4) is 0 Å². The number of benzene rings is 3. The highest BCUT2D eigenvalue weighted by Gasteiger charge is 2.50. The molecule has 2 aliphatic heterocycles. The molecule has 4 aromatic rings. The summed E-state index contributed by atoms with van der Waals surface area (Å²) in [4.78, 5) is 33.5. The molecule has 1 fully saturated rings. The summed E-state index contributed by atoms with van der Waals surface area (Å²) in [6.07, 6.45) is 2.18. The maximum Gasteiger partial charge on any atom is 0.235 e. The number of hydrogen-bond donors (Lipinski definition) is 1. The third kappa shape index (κ3) is 3.33. The van der Waals surface area contributed by atoms with Gasteiger partial charge in [-0.25, -0.2) is 0 Å². The number of fused-ring (bicyclic) bond motifs is 4. The van der Waals surface area contributed by atoms with Crippen molar-refractivity contribution >= 4 is 28.4 Å². The number of likely N-dealkylation sites (tertiary alicyclic amines) is 1. The molecule has 1 aromatic heterocycles. The zero-order valence-corrected chi connectivity index (χ0v) is 21.1.